The third-order valence-corrected chi connectivity index (χ3v) is 4.89. The van der Waals surface area contributed by atoms with Crippen LogP contribution in [0.2, 0.25) is 0 Å². The summed E-state index contributed by atoms with van der Waals surface area (Å²) in [5.41, 5.74) is 1.76. The maximum atomic E-state index is 11.9. The zero-order valence-electron chi connectivity index (χ0n) is 16.0. The molecule has 26 heavy (non-hydrogen) atoms. The molecule has 1 aromatic rings. The molecule has 0 saturated carbocycles. The van der Waals surface area contributed by atoms with E-state index in [2.05, 4.69) is 20.2 Å². The number of hydrogen-bond acceptors (Lipinski definition) is 6. The number of nitrogens with zero attached hydrogens (tertiary/aromatic N) is 3. The van der Waals surface area contributed by atoms with Crippen LogP contribution in [0.3, 0.4) is 0 Å². The zero-order valence-corrected chi connectivity index (χ0v) is 16.0. The van der Waals surface area contributed by atoms with Gasteiger partial charge in [0, 0.05) is 31.9 Å². The molecule has 1 spiro atoms. The molecule has 0 unspecified atom stereocenters. The van der Waals surface area contributed by atoms with E-state index in [0.29, 0.717) is 19.1 Å². The molecule has 2 fully saturated rings. The summed E-state index contributed by atoms with van der Waals surface area (Å²) in [6.45, 7) is 9.69. The van der Waals surface area contributed by atoms with Gasteiger partial charge in [-0.3, -0.25) is 14.9 Å². The highest BCUT2D eigenvalue weighted by Gasteiger charge is 2.44. The van der Waals surface area contributed by atoms with E-state index in [-0.39, 0.29) is 17.7 Å². The van der Waals surface area contributed by atoms with Gasteiger partial charge in [-0.25, -0.2) is 4.79 Å². The Morgan fingerprint density at radius 3 is 3.12 bits per heavy atom. The predicted molar refractivity (Wildman–Crippen MR) is 97.7 cm³/mol. The number of hydrogen-bond donors (Lipinski definition) is 1. The maximum Gasteiger partial charge on any atom is 0.407 e. The van der Waals surface area contributed by atoms with Gasteiger partial charge in [-0.2, -0.15) is 0 Å². The van der Waals surface area contributed by atoms with Crippen LogP contribution in [0, 0.1) is 12.8 Å². The van der Waals surface area contributed by atoms with E-state index in [1.807, 2.05) is 27.0 Å². The molecule has 0 bridgehead atoms. The van der Waals surface area contributed by atoms with E-state index in [1.165, 1.54) is 0 Å². The molecule has 0 radical (unpaired) electrons. The summed E-state index contributed by atoms with van der Waals surface area (Å²) in [5.74, 6) is 0.337. The molecule has 1 N–H and O–H groups in total. The average Bonchev–Trinajstić information content (AvgIpc) is 2.95. The fraction of sp³-hybridized carbons (Fsp3) is 0.737. The van der Waals surface area contributed by atoms with Crippen molar-refractivity contribution < 1.29 is 14.3 Å². The van der Waals surface area contributed by atoms with Gasteiger partial charge in [0.05, 0.1) is 36.2 Å². The average molecular weight is 362 g/mol. The quantitative estimate of drug-likeness (QED) is 0.866. The van der Waals surface area contributed by atoms with Gasteiger partial charge in [0.2, 0.25) is 0 Å². The Labute approximate surface area is 155 Å². The second-order valence-corrected chi connectivity index (χ2v) is 8.00. The number of carbonyl (C=O) groups is 1. The van der Waals surface area contributed by atoms with Crippen LogP contribution in [-0.2, 0) is 16.0 Å². The van der Waals surface area contributed by atoms with Crippen LogP contribution in [0.1, 0.15) is 44.5 Å². The highest BCUT2D eigenvalue weighted by atomic mass is 16.6. The topological polar surface area (TPSA) is 76.6 Å². The number of piperidine rings is 1. The smallest absolute Gasteiger partial charge is 0.407 e. The van der Waals surface area contributed by atoms with E-state index >= 15 is 0 Å². The van der Waals surface area contributed by atoms with Crippen molar-refractivity contribution in [2.75, 3.05) is 26.3 Å². The van der Waals surface area contributed by atoms with Crippen molar-refractivity contribution in [2.24, 2.45) is 5.92 Å². The number of aryl methyl sites for hydroxylation is 1. The highest BCUT2D eigenvalue weighted by molar-refractivity contribution is 5.67. The van der Waals surface area contributed by atoms with Crippen molar-refractivity contribution in [1.82, 2.24) is 20.2 Å². The summed E-state index contributed by atoms with van der Waals surface area (Å²) in [7, 11) is 0. The lowest BCUT2D eigenvalue weighted by Gasteiger charge is -2.39. The summed E-state index contributed by atoms with van der Waals surface area (Å²) in [5, 5.41) is 2.95. The van der Waals surface area contributed by atoms with E-state index in [9.17, 15) is 4.79 Å². The van der Waals surface area contributed by atoms with Gasteiger partial charge < -0.3 is 14.8 Å². The lowest BCUT2D eigenvalue weighted by Crippen LogP contribution is -2.48. The monoisotopic (exact) mass is 362 g/mol. The van der Waals surface area contributed by atoms with Gasteiger partial charge in [-0.15, -0.1) is 0 Å². The first-order valence-corrected chi connectivity index (χ1v) is 9.51. The van der Waals surface area contributed by atoms with Crippen LogP contribution in [0.15, 0.2) is 12.4 Å². The number of aromatic nitrogens is 2. The summed E-state index contributed by atoms with van der Waals surface area (Å²) in [6, 6.07) is 0.0216. The molecular weight excluding hydrogens is 332 g/mol. The molecule has 144 valence electrons. The first-order valence-electron chi connectivity index (χ1n) is 9.51. The van der Waals surface area contributed by atoms with Crippen molar-refractivity contribution in [3.05, 3.63) is 23.8 Å². The number of likely N-dealkylation sites (tertiary alicyclic amines) is 1. The van der Waals surface area contributed by atoms with Gasteiger partial charge in [0.1, 0.15) is 0 Å². The Bertz CT molecular complexity index is 625. The third kappa shape index (κ3) is 5.14. The molecule has 2 aliphatic rings. The number of amides is 1. The molecule has 2 aliphatic heterocycles. The lowest BCUT2D eigenvalue weighted by molar-refractivity contribution is -0.0536. The molecule has 3 heterocycles. The molecule has 7 heteroatoms. The second-order valence-electron chi connectivity index (χ2n) is 8.00. The molecule has 1 amide bonds. The fourth-order valence-corrected chi connectivity index (χ4v) is 3.82. The van der Waals surface area contributed by atoms with Crippen LogP contribution in [0.4, 0.5) is 4.79 Å². The van der Waals surface area contributed by atoms with Gasteiger partial charge >= 0.3 is 6.09 Å². The Kier molecular flexibility index (Phi) is 6.09. The summed E-state index contributed by atoms with van der Waals surface area (Å²) in [6.07, 6.45) is 6.22. The summed E-state index contributed by atoms with van der Waals surface area (Å²) in [4.78, 5) is 23.1. The van der Waals surface area contributed by atoms with Gasteiger partial charge in [-0.05, 0) is 32.2 Å². The van der Waals surface area contributed by atoms with Crippen LogP contribution < -0.4 is 5.32 Å². The van der Waals surface area contributed by atoms with Gasteiger partial charge in [-0.1, -0.05) is 13.8 Å². The van der Waals surface area contributed by atoms with Crippen molar-refractivity contribution in [2.45, 2.75) is 58.2 Å². The van der Waals surface area contributed by atoms with E-state index < -0.39 is 0 Å². The van der Waals surface area contributed by atoms with Gasteiger partial charge in [0.15, 0.2) is 0 Å². The predicted octanol–water partition coefficient (Wildman–Crippen LogP) is 2.29. The molecular formula is C19H30N4O3. The first-order chi connectivity index (χ1) is 12.4. The fourth-order valence-electron chi connectivity index (χ4n) is 3.82. The standard InChI is InChI=1S/C19H30N4O3/c1-14(2)11-25-18(24)22-16-7-19(26-12-16)5-4-6-23(13-19)10-17-9-20-8-15(3)21-17/h8-9,14,16H,4-7,10-13H2,1-3H3,(H,22,24)/t16-,19-/m0/s1. The van der Waals surface area contributed by atoms with Crippen LogP contribution >= 0.6 is 0 Å². The van der Waals surface area contributed by atoms with Crippen LogP contribution in [0.25, 0.3) is 0 Å². The Morgan fingerprint density at radius 2 is 2.35 bits per heavy atom. The Hall–Kier alpha value is -1.73. The largest absolute Gasteiger partial charge is 0.449 e. The van der Waals surface area contributed by atoms with E-state index in [0.717, 1.165) is 50.3 Å². The molecule has 0 aliphatic carbocycles. The van der Waals surface area contributed by atoms with E-state index in [4.69, 9.17) is 9.47 Å². The normalized spacial score (nSPS) is 26.4. The second kappa shape index (κ2) is 8.31. The molecule has 0 aromatic carbocycles. The van der Waals surface area contributed by atoms with Crippen molar-refractivity contribution >= 4 is 6.09 Å². The first kappa shape index (κ1) is 19.0. The SMILES string of the molecule is Cc1cncc(CN2CCC[C@]3(C[C@H](NC(=O)OCC(C)C)CO3)C2)n1. The van der Waals surface area contributed by atoms with E-state index in [1.54, 1.807) is 6.20 Å². The minimum absolute atomic E-state index is 0.0216. The Morgan fingerprint density at radius 1 is 1.50 bits per heavy atom. The Balaban J connectivity index is 1.51. The number of nitrogens with one attached hydrogen (secondary N) is 1. The summed E-state index contributed by atoms with van der Waals surface area (Å²) >= 11 is 0. The van der Waals surface area contributed by atoms with Crippen molar-refractivity contribution in [3.63, 3.8) is 0 Å². The molecule has 2 atom stereocenters. The third-order valence-electron chi connectivity index (χ3n) is 4.89. The molecule has 3 rings (SSSR count). The van der Waals surface area contributed by atoms with Crippen LogP contribution in [0.5, 0.6) is 0 Å². The summed E-state index contributed by atoms with van der Waals surface area (Å²) < 4.78 is 11.4. The van der Waals surface area contributed by atoms with Crippen molar-refractivity contribution in [1.29, 1.82) is 0 Å². The number of ether oxygens (including phenoxy) is 2. The molecule has 2 saturated heterocycles. The highest BCUT2D eigenvalue weighted by Crippen LogP contribution is 2.35. The van der Waals surface area contributed by atoms with Crippen molar-refractivity contribution in [3.8, 4) is 0 Å². The lowest BCUT2D eigenvalue weighted by atomic mass is 9.88. The zero-order chi connectivity index (χ0) is 18.6. The number of rotatable bonds is 5. The number of alkyl carbamates (subject to hydrolysis) is 1. The van der Waals surface area contributed by atoms with Gasteiger partial charge in [0.25, 0.3) is 0 Å². The maximum absolute atomic E-state index is 11.9. The molecule has 7 nitrogen and oxygen atoms in total. The number of carbonyl (C=O) groups excluding carboxylic acids is 1. The minimum atomic E-state index is -0.341. The molecule has 1 aromatic heterocycles. The van der Waals surface area contributed by atoms with Crippen LogP contribution in [-0.4, -0.2) is 58.9 Å². The minimum Gasteiger partial charge on any atom is -0.449 e.